The molecule has 2 heteroatoms. The van der Waals surface area contributed by atoms with Crippen LogP contribution >= 0.6 is 0 Å². The summed E-state index contributed by atoms with van der Waals surface area (Å²) in [5, 5.41) is 0. The zero-order chi connectivity index (χ0) is 13.8. The third kappa shape index (κ3) is 2.94. The Hall–Kier alpha value is -1.44. The van der Waals surface area contributed by atoms with Gasteiger partial charge in [0.15, 0.2) is 11.5 Å². The van der Waals surface area contributed by atoms with E-state index >= 15 is 0 Å². The van der Waals surface area contributed by atoms with Gasteiger partial charge in [-0.25, -0.2) is 0 Å². The Morgan fingerprint density at radius 2 is 2.00 bits per heavy atom. The Morgan fingerprint density at radius 1 is 1.26 bits per heavy atom. The summed E-state index contributed by atoms with van der Waals surface area (Å²) in [7, 11) is 0. The summed E-state index contributed by atoms with van der Waals surface area (Å²) in [4.78, 5) is 0. The van der Waals surface area contributed by atoms with Crippen LogP contribution in [0.3, 0.4) is 0 Å². The molecule has 0 N–H and O–H groups in total. The summed E-state index contributed by atoms with van der Waals surface area (Å²) in [6, 6.07) is 6.24. The van der Waals surface area contributed by atoms with Gasteiger partial charge in [0.25, 0.3) is 0 Å². The Kier molecular flexibility index (Phi) is 4.52. The first-order chi connectivity index (χ1) is 9.17. The number of hydrogen-bond acceptors (Lipinski definition) is 2. The molecule has 2 nitrogen and oxygen atoms in total. The molecule has 2 rings (SSSR count). The van der Waals surface area contributed by atoms with E-state index in [1.807, 2.05) is 6.07 Å². The molecule has 0 amide bonds. The van der Waals surface area contributed by atoms with Crippen LogP contribution in [0.5, 0.6) is 11.5 Å². The number of rotatable bonds is 6. The number of ether oxygens (including phenoxy) is 2. The average molecular weight is 260 g/mol. The van der Waals surface area contributed by atoms with E-state index < -0.39 is 0 Å². The number of benzene rings is 1. The topological polar surface area (TPSA) is 18.5 Å². The first-order valence-electron chi connectivity index (χ1n) is 7.19. The summed E-state index contributed by atoms with van der Waals surface area (Å²) in [6.07, 6.45) is 4.56. The smallest absolute Gasteiger partial charge is 0.231 e. The number of fused-ring (bicyclic) bond motifs is 1. The first-order valence-corrected chi connectivity index (χ1v) is 7.19. The molecule has 3 atom stereocenters. The Balaban J connectivity index is 2.19. The second-order valence-electron chi connectivity index (χ2n) is 5.50. The Bertz CT molecular complexity index is 439. The highest BCUT2D eigenvalue weighted by Crippen LogP contribution is 2.39. The van der Waals surface area contributed by atoms with Crippen LogP contribution in [-0.2, 0) is 0 Å². The van der Waals surface area contributed by atoms with E-state index in [0.29, 0.717) is 24.5 Å². The van der Waals surface area contributed by atoms with Gasteiger partial charge in [0, 0.05) is 5.92 Å². The van der Waals surface area contributed by atoms with E-state index in [4.69, 9.17) is 9.47 Å². The van der Waals surface area contributed by atoms with Gasteiger partial charge >= 0.3 is 0 Å². The van der Waals surface area contributed by atoms with Gasteiger partial charge in [-0.15, -0.1) is 6.58 Å². The van der Waals surface area contributed by atoms with E-state index in [9.17, 15) is 0 Å². The summed E-state index contributed by atoms with van der Waals surface area (Å²) >= 11 is 0. The second kappa shape index (κ2) is 6.14. The van der Waals surface area contributed by atoms with Crippen molar-refractivity contribution in [3.63, 3.8) is 0 Å². The zero-order valence-electron chi connectivity index (χ0n) is 12.2. The fraction of sp³-hybridized carbons (Fsp3) is 0.529. The summed E-state index contributed by atoms with van der Waals surface area (Å²) in [5.41, 5.74) is 1.27. The summed E-state index contributed by atoms with van der Waals surface area (Å²) in [6.45, 7) is 11.2. The van der Waals surface area contributed by atoms with Crippen molar-refractivity contribution in [3.8, 4) is 11.5 Å². The molecule has 1 aromatic rings. The SMILES string of the molecule is C=C[C@@H](c1ccc2c(c1)OCO2)C(C)C(C)CCC. The maximum atomic E-state index is 5.46. The molecule has 2 unspecified atom stereocenters. The highest BCUT2D eigenvalue weighted by molar-refractivity contribution is 5.46. The monoisotopic (exact) mass is 260 g/mol. The van der Waals surface area contributed by atoms with Crippen molar-refractivity contribution in [1.82, 2.24) is 0 Å². The molecule has 0 aromatic heterocycles. The largest absolute Gasteiger partial charge is 0.454 e. The molecule has 19 heavy (non-hydrogen) atoms. The first kappa shape index (κ1) is 14.0. The van der Waals surface area contributed by atoms with Crippen molar-refractivity contribution in [2.24, 2.45) is 11.8 Å². The highest BCUT2D eigenvalue weighted by Gasteiger charge is 2.23. The molecule has 0 saturated heterocycles. The van der Waals surface area contributed by atoms with Crippen LogP contribution in [0.15, 0.2) is 30.9 Å². The Morgan fingerprint density at radius 3 is 2.68 bits per heavy atom. The van der Waals surface area contributed by atoms with E-state index in [0.717, 1.165) is 11.5 Å². The lowest BCUT2D eigenvalue weighted by Gasteiger charge is -2.27. The third-order valence-electron chi connectivity index (χ3n) is 4.24. The zero-order valence-corrected chi connectivity index (χ0v) is 12.2. The molecule has 1 aliphatic heterocycles. The van der Waals surface area contributed by atoms with Crippen LogP contribution in [0.1, 0.15) is 45.1 Å². The van der Waals surface area contributed by atoms with Crippen LogP contribution in [0.4, 0.5) is 0 Å². The molecule has 0 fully saturated rings. The minimum Gasteiger partial charge on any atom is -0.454 e. The van der Waals surface area contributed by atoms with Gasteiger partial charge in [0.05, 0.1) is 0 Å². The lowest BCUT2D eigenvalue weighted by Crippen LogP contribution is -2.16. The molecule has 1 aromatic carbocycles. The normalized spacial score (nSPS) is 17.8. The van der Waals surface area contributed by atoms with Crippen LogP contribution in [0.2, 0.25) is 0 Å². The van der Waals surface area contributed by atoms with Gasteiger partial charge in [-0.3, -0.25) is 0 Å². The van der Waals surface area contributed by atoms with Crippen molar-refractivity contribution in [2.45, 2.75) is 39.5 Å². The van der Waals surface area contributed by atoms with Gasteiger partial charge < -0.3 is 9.47 Å². The van der Waals surface area contributed by atoms with E-state index in [1.54, 1.807) is 0 Å². The molecule has 0 bridgehead atoms. The molecule has 0 saturated carbocycles. The number of allylic oxidation sites excluding steroid dienone is 1. The maximum Gasteiger partial charge on any atom is 0.231 e. The fourth-order valence-corrected chi connectivity index (χ4v) is 2.85. The van der Waals surface area contributed by atoms with Gasteiger partial charge in [0.2, 0.25) is 6.79 Å². The van der Waals surface area contributed by atoms with Gasteiger partial charge in [-0.1, -0.05) is 45.8 Å². The van der Waals surface area contributed by atoms with Crippen molar-refractivity contribution in [3.05, 3.63) is 36.4 Å². The molecular formula is C17H24O2. The summed E-state index contributed by atoms with van der Waals surface area (Å²) in [5.74, 6) is 3.35. The van der Waals surface area contributed by atoms with Crippen LogP contribution in [0.25, 0.3) is 0 Å². The van der Waals surface area contributed by atoms with Crippen LogP contribution < -0.4 is 9.47 Å². The van der Waals surface area contributed by atoms with Crippen LogP contribution in [-0.4, -0.2) is 6.79 Å². The third-order valence-corrected chi connectivity index (χ3v) is 4.24. The van der Waals surface area contributed by atoms with Crippen molar-refractivity contribution in [1.29, 1.82) is 0 Å². The molecule has 104 valence electrons. The predicted molar refractivity (Wildman–Crippen MR) is 78.7 cm³/mol. The molecular weight excluding hydrogens is 236 g/mol. The molecule has 1 aliphatic rings. The van der Waals surface area contributed by atoms with Gasteiger partial charge in [-0.2, -0.15) is 0 Å². The average Bonchev–Trinajstić information content (AvgIpc) is 2.87. The predicted octanol–water partition coefficient (Wildman–Crippen LogP) is 4.76. The lowest BCUT2D eigenvalue weighted by molar-refractivity contribution is 0.174. The minimum atomic E-state index is 0.333. The minimum absolute atomic E-state index is 0.333. The molecule has 0 spiro atoms. The summed E-state index contributed by atoms with van der Waals surface area (Å²) < 4.78 is 10.8. The lowest BCUT2D eigenvalue weighted by atomic mass is 9.78. The molecule has 1 heterocycles. The van der Waals surface area contributed by atoms with Crippen molar-refractivity contribution < 1.29 is 9.47 Å². The van der Waals surface area contributed by atoms with Crippen molar-refractivity contribution in [2.75, 3.05) is 6.79 Å². The van der Waals surface area contributed by atoms with Gasteiger partial charge in [0.1, 0.15) is 0 Å². The maximum absolute atomic E-state index is 5.46. The van der Waals surface area contributed by atoms with E-state index in [2.05, 4.69) is 45.6 Å². The quantitative estimate of drug-likeness (QED) is 0.687. The second-order valence-corrected chi connectivity index (χ2v) is 5.50. The number of hydrogen-bond donors (Lipinski definition) is 0. The van der Waals surface area contributed by atoms with E-state index in [-0.39, 0.29) is 0 Å². The van der Waals surface area contributed by atoms with Gasteiger partial charge in [-0.05, 0) is 29.5 Å². The standard InChI is InChI=1S/C17H24O2/c1-5-7-12(3)13(4)15(6-2)14-8-9-16-17(10-14)19-11-18-16/h6,8-10,12-13,15H,2,5,7,11H2,1,3-4H3/t12?,13?,15-/m1/s1. The van der Waals surface area contributed by atoms with Crippen molar-refractivity contribution >= 4 is 0 Å². The highest BCUT2D eigenvalue weighted by atomic mass is 16.7. The fourth-order valence-electron chi connectivity index (χ4n) is 2.85. The Labute approximate surface area is 116 Å². The molecule has 0 radical (unpaired) electrons. The van der Waals surface area contributed by atoms with E-state index in [1.165, 1.54) is 18.4 Å². The van der Waals surface area contributed by atoms with Crippen LogP contribution in [0, 0.1) is 11.8 Å². The molecule has 0 aliphatic carbocycles.